The van der Waals surface area contributed by atoms with Crippen molar-refractivity contribution >= 4 is 0 Å². The van der Waals surface area contributed by atoms with E-state index < -0.39 is 0 Å². The summed E-state index contributed by atoms with van der Waals surface area (Å²) in [5.74, 6) is 0. The Morgan fingerprint density at radius 1 is 0.719 bits per heavy atom. The number of pyridine rings is 2. The number of benzene rings is 3. The Morgan fingerprint density at radius 2 is 1.53 bits per heavy atom. The molecule has 0 unspecified atom stereocenters. The quantitative estimate of drug-likeness (QED) is 0.173. The third kappa shape index (κ3) is 4.75. The van der Waals surface area contributed by atoms with Gasteiger partial charge in [0.25, 0.3) is 0 Å². The van der Waals surface area contributed by atoms with Crippen LogP contribution >= 0.6 is 0 Å². The molecule has 3 heteroatoms. The molecule has 0 saturated carbocycles. The number of fused-ring (bicyclic) bond motifs is 3. The fourth-order valence-electron chi connectivity index (χ4n) is 3.88. The van der Waals surface area contributed by atoms with E-state index in [-0.39, 0.29) is 20.1 Å². The van der Waals surface area contributed by atoms with Crippen LogP contribution in [0.1, 0.15) is 5.56 Å². The molecule has 2 aromatic heterocycles. The molecule has 0 N–H and O–H groups in total. The molecule has 0 amide bonds. The van der Waals surface area contributed by atoms with Gasteiger partial charge in [-0.05, 0) is 35.0 Å². The monoisotopic (exact) mass is 591 g/mol. The van der Waals surface area contributed by atoms with Crippen LogP contribution in [-0.4, -0.2) is 4.98 Å². The van der Waals surface area contributed by atoms with Gasteiger partial charge in [-0.3, -0.25) is 0 Å². The van der Waals surface area contributed by atoms with Crippen molar-refractivity contribution in [2.75, 3.05) is 0 Å². The van der Waals surface area contributed by atoms with E-state index in [2.05, 4.69) is 88.5 Å². The van der Waals surface area contributed by atoms with Crippen molar-refractivity contribution in [1.29, 1.82) is 0 Å². The summed E-state index contributed by atoms with van der Waals surface area (Å²) in [6.45, 7) is 0.987. The van der Waals surface area contributed by atoms with Crippen molar-refractivity contribution in [3.8, 4) is 33.6 Å². The first-order valence-corrected chi connectivity index (χ1v) is 10.4. The van der Waals surface area contributed by atoms with Gasteiger partial charge in [-0.2, -0.15) is 4.57 Å². The van der Waals surface area contributed by atoms with Crippen LogP contribution < -0.4 is 4.57 Å². The van der Waals surface area contributed by atoms with Gasteiger partial charge in [0.15, 0.2) is 12.7 Å². The van der Waals surface area contributed by atoms with Crippen LogP contribution in [0.25, 0.3) is 33.6 Å². The van der Waals surface area contributed by atoms with Gasteiger partial charge < -0.3 is 4.98 Å². The summed E-state index contributed by atoms with van der Waals surface area (Å²) >= 11 is 0. The third-order valence-corrected chi connectivity index (χ3v) is 5.42. The molecule has 1 aliphatic heterocycles. The van der Waals surface area contributed by atoms with Crippen LogP contribution in [0, 0.1) is 6.07 Å². The topological polar surface area (TPSA) is 16.8 Å². The molecule has 0 saturated heterocycles. The van der Waals surface area contributed by atoms with E-state index in [1.54, 1.807) is 6.20 Å². The molecule has 0 bridgehead atoms. The van der Waals surface area contributed by atoms with Crippen molar-refractivity contribution in [3.63, 3.8) is 0 Å². The largest absolute Gasteiger partial charge is 0.305 e. The molecule has 1 radical (unpaired) electrons. The molecule has 3 aromatic carbocycles. The fourth-order valence-corrected chi connectivity index (χ4v) is 3.88. The molecular formula is C29H22IrN2. The number of hydrogen-bond donors (Lipinski definition) is 0. The Kier molecular flexibility index (Phi) is 7.01. The van der Waals surface area contributed by atoms with Gasteiger partial charge in [-0.25, -0.2) is 0 Å². The van der Waals surface area contributed by atoms with E-state index in [0.717, 1.165) is 17.8 Å². The third-order valence-electron chi connectivity index (χ3n) is 5.42. The van der Waals surface area contributed by atoms with Crippen molar-refractivity contribution in [2.45, 2.75) is 6.54 Å². The Bertz CT molecular complexity index is 1250. The molecule has 32 heavy (non-hydrogen) atoms. The average molecular weight is 591 g/mol. The maximum Gasteiger partial charge on any atom is 0.213 e. The van der Waals surface area contributed by atoms with Crippen molar-refractivity contribution in [1.82, 2.24) is 4.98 Å². The smallest absolute Gasteiger partial charge is 0.213 e. The SMILES string of the molecule is [Ir].[c-]1ccccc1-c1ccccn1.c1ccc(-c2ccc3c(c2)-c2cccc[n+]2C3)cc1. The molecule has 0 atom stereocenters. The summed E-state index contributed by atoms with van der Waals surface area (Å²) in [7, 11) is 0. The Morgan fingerprint density at radius 3 is 2.31 bits per heavy atom. The Balaban J connectivity index is 0.000000164. The average Bonchev–Trinajstić information content (AvgIpc) is 3.24. The van der Waals surface area contributed by atoms with Gasteiger partial charge in [0.05, 0.1) is 5.56 Å². The predicted octanol–water partition coefficient (Wildman–Crippen LogP) is 6.22. The first-order valence-electron chi connectivity index (χ1n) is 10.4. The van der Waals surface area contributed by atoms with Gasteiger partial charge in [-0.15, -0.1) is 35.9 Å². The normalized spacial score (nSPS) is 10.8. The van der Waals surface area contributed by atoms with E-state index in [1.165, 1.54) is 27.9 Å². The summed E-state index contributed by atoms with van der Waals surface area (Å²) in [6, 6.07) is 40.6. The minimum absolute atomic E-state index is 0. The molecule has 2 nitrogen and oxygen atoms in total. The van der Waals surface area contributed by atoms with Crippen LogP contribution in [-0.2, 0) is 26.7 Å². The fraction of sp³-hybridized carbons (Fsp3) is 0.0345. The van der Waals surface area contributed by atoms with Crippen LogP contribution in [0.4, 0.5) is 0 Å². The zero-order chi connectivity index (χ0) is 20.9. The molecule has 0 fully saturated rings. The van der Waals surface area contributed by atoms with E-state index in [0.29, 0.717) is 0 Å². The van der Waals surface area contributed by atoms with Gasteiger partial charge in [-0.1, -0.05) is 54.6 Å². The van der Waals surface area contributed by atoms with Gasteiger partial charge in [0.2, 0.25) is 5.69 Å². The van der Waals surface area contributed by atoms with Crippen LogP contribution in [0.15, 0.2) is 122 Å². The van der Waals surface area contributed by atoms with Crippen LogP contribution in [0.3, 0.4) is 0 Å². The van der Waals surface area contributed by atoms with Crippen molar-refractivity contribution < 1.29 is 24.7 Å². The van der Waals surface area contributed by atoms with E-state index in [9.17, 15) is 0 Å². The van der Waals surface area contributed by atoms with Gasteiger partial charge >= 0.3 is 0 Å². The van der Waals surface area contributed by atoms with Crippen LogP contribution in [0.5, 0.6) is 0 Å². The minimum Gasteiger partial charge on any atom is -0.305 e. The zero-order valence-electron chi connectivity index (χ0n) is 17.5. The van der Waals surface area contributed by atoms with E-state index in [4.69, 9.17) is 0 Å². The molecule has 157 valence electrons. The van der Waals surface area contributed by atoms with Crippen molar-refractivity contribution in [3.05, 3.63) is 133 Å². The Hall–Kier alpha value is -3.39. The Labute approximate surface area is 202 Å². The second kappa shape index (κ2) is 10.3. The number of nitrogens with zero attached hydrogens (tertiary/aromatic N) is 2. The molecular weight excluding hydrogens is 569 g/mol. The summed E-state index contributed by atoms with van der Waals surface area (Å²) < 4.78 is 2.30. The summed E-state index contributed by atoms with van der Waals surface area (Å²) in [6.07, 6.45) is 3.94. The summed E-state index contributed by atoms with van der Waals surface area (Å²) in [4.78, 5) is 4.22. The minimum atomic E-state index is 0. The van der Waals surface area contributed by atoms with Gasteiger partial charge in [0.1, 0.15) is 0 Å². The number of aromatic nitrogens is 2. The molecule has 0 aliphatic carbocycles. The maximum absolute atomic E-state index is 4.22. The standard InChI is InChI=1S/C18H14N.C11H8N.Ir/c1-2-6-14(7-3-1)15-9-10-16-13-19-11-5-4-8-18(19)17(16)12-15;1-2-6-10(7-3-1)11-8-4-5-9-12-11;/h1-12H,13H2;1-6,8-9H;/q+1;-1;. The number of hydrogen-bond acceptors (Lipinski definition) is 1. The number of rotatable bonds is 2. The van der Waals surface area contributed by atoms with Crippen LogP contribution in [0.2, 0.25) is 0 Å². The molecule has 6 rings (SSSR count). The van der Waals surface area contributed by atoms with E-state index >= 15 is 0 Å². The zero-order valence-corrected chi connectivity index (χ0v) is 19.9. The van der Waals surface area contributed by atoms with Crippen molar-refractivity contribution in [2.24, 2.45) is 0 Å². The first-order chi connectivity index (χ1) is 15.4. The molecule has 3 heterocycles. The summed E-state index contributed by atoms with van der Waals surface area (Å²) in [5.41, 5.74) is 8.66. The van der Waals surface area contributed by atoms with E-state index in [1.807, 2.05) is 42.5 Å². The second-order valence-corrected chi connectivity index (χ2v) is 7.44. The predicted molar refractivity (Wildman–Crippen MR) is 125 cm³/mol. The van der Waals surface area contributed by atoms with Gasteiger partial charge in [0, 0.05) is 44.0 Å². The first kappa shape index (κ1) is 21.8. The molecule has 1 aliphatic rings. The summed E-state index contributed by atoms with van der Waals surface area (Å²) in [5, 5.41) is 0. The second-order valence-electron chi connectivity index (χ2n) is 7.44. The molecule has 0 spiro atoms. The maximum atomic E-state index is 4.22. The molecule has 5 aromatic rings.